The predicted octanol–water partition coefficient (Wildman–Crippen LogP) is 2.57. The maximum absolute atomic E-state index is 5.93. The Balaban J connectivity index is 0.00000338. The molecule has 2 aliphatic rings. The quantitative estimate of drug-likeness (QED) is 0.237. The fourth-order valence-corrected chi connectivity index (χ4v) is 3.73. The lowest BCUT2D eigenvalue weighted by atomic mass is 10.1. The molecule has 0 amide bonds. The minimum Gasteiger partial charge on any atom is -0.381 e. The Morgan fingerprint density at radius 1 is 1.27 bits per heavy atom. The molecule has 0 saturated carbocycles. The van der Waals surface area contributed by atoms with Crippen molar-refractivity contribution < 1.29 is 9.47 Å². The second kappa shape index (κ2) is 14.0. The van der Waals surface area contributed by atoms with Crippen molar-refractivity contribution >= 4 is 29.9 Å². The van der Waals surface area contributed by atoms with Crippen LogP contribution in [0.3, 0.4) is 0 Å². The van der Waals surface area contributed by atoms with Gasteiger partial charge in [0.15, 0.2) is 5.96 Å². The maximum Gasteiger partial charge on any atom is 0.193 e. The van der Waals surface area contributed by atoms with Crippen molar-refractivity contribution in [2.45, 2.75) is 58.1 Å². The van der Waals surface area contributed by atoms with Gasteiger partial charge in [-0.25, -0.2) is 0 Å². The summed E-state index contributed by atoms with van der Waals surface area (Å²) in [6.07, 6.45) is 6.05. The highest BCUT2D eigenvalue weighted by Crippen LogP contribution is 2.17. The average molecular weight is 482 g/mol. The third-order valence-electron chi connectivity index (χ3n) is 5.17. The van der Waals surface area contributed by atoms with Crippen LogP contribution in [-0.4, -0.2) is 87.5 Å². The molecule has 2 rings (SSSR count). The molecule has 1 unspecified atom stereocenters. The molecule has 0 spiro atoms. The third-order valence-corrected chi connectivity index (χ3v) is 5.17. The maximum atomic E-state index is 5.93. The summed E-state index contributed by atoms with van der Waals surface area (Å²) in [7, 11) is 2.16. The lowest BCUT2D eigenvalue weighted by molar-refractivity contribution is -0.0318. The SMILES string of the molecule is CCNC(=NCCCOC1CCOCC1)N(C)CC1CCCN1CC.I. The number of likely N-dealkylation sites (tertiary alicyclic amines) is 1. The first-order valence-corrected chi connectivity index (χ1v) is 10.2. The molecule has 154 valence electrons. The van der Waals surface area contributed by atoms with Crippen LogP contribution in [0.15, 0.2) is 4.99 Å². The largest absolute Gasteiger partial charge is 0.381 e. The van der Waals surface area contributed by atoms with Gasteiger partial charge >= 0.3 is 0 Å². The van der Waals surface area contributed by atoms with Gasteiger partial charge in [-0.15, -0.1) is 24.0 Å². The number of rotatable bonds is 9. The summed E-state index contributed by atoms with van der Waals surface area (Å²) in [4.78, 5) is 9.68. The number of halogens is 1. The molecule has 1 N–H and O–H groups in total. The lowest BCUT2D eigenvalue weighted by Crippen LogP contribution is -2.46. The van der Waals surface area contributed by atoms with E-state index in [0.29, 0.717) is 12.1 Å². The normalized spacial score (nSPS) is 22.3. The highest BCUT2D eigenvalue weighted by molar-refractivity contribution is 14.0. The standard InChI is InChI=1S/C19H38N4O2.HI/c1-4-20-19(22(3)16-17-8-6-12-23(17)5-2)21-11-7-13-25-18-9-14-24-15-10-18;/h17-18H,4-16H2,1-3H3,(H,20,21);1H. The van der Waals surface area contributed by atoms with E-state index >= 15 is 0 Å². The van der Waals surface area contributed by atoms with E-state index in [1.165, 1.54) is 19.4 Å². The van der Waals surface area contributed by atoms with Crippen LogP contribution >= 0.6 is 24.0 Å². The Morgan fingerprint density at radius 3 is 2.73 bits per heavy atom. The van der Waals surface area contributed by atoms with Crippen LogP contribution < -0.4 is 5.32 Å². The van der Waals surface area contributed by atoms with E-state index in [2.05, 4.69) is 36.0 Å². The summed E-state index contributed by atoms with van der Waals surface area (Å²) in [5.74, 6) is 1.02. The smallest absolute Gasteiger partial charge is 0.193 e. The number of guanidine groups is 1. The molecule has 2 fully saturated rings. The van der Waals surface area contributed by atoms with Crippen molar-refractivity contribution in [2.24, 2.45) is 4.99 Å². The number of hydrogen-bond donors (Lipinski definition) is 1. The van der Waals surface area contributed by atoms with Crippen LogP contribution in [0, 0.1) is 0 Å². The van der Waals surface area contributed by atoms with Gasteiger partial charge in [0.1, 0.15) is 0 Å². The third kappa shape index (κ3) is 8.27. The zero-order chi connectivity index (χ0) is 17.9. The second-order valence-corrected chi connectivity index (χ2v) is 7.08. The van der Waals surface area contributed by atoms with Crippen molar-refractivity contribution in [3.05, 3.63) is 0 Å². The van der Waals surface area contributed by atoms with Crippen LogP contribution in [-0.2, 0) is 9.47 Å². The van der Waals surface area contributed by atoms with Crippen molar-refractivity contribution in [3.63, 3.8) is 0 Å². The summed E-state index contributed by atoms with van der Waals surface area (Å²) in [6, 6.07) is 0.663. The average Bonchev–Trinajstić information content (AvgIpc) is 3.08. The van der Waals surface area contributed by atoms with Crippen LogP contribution in [0.4, 0.5) is 0 Å². The summed E-state index contributed by atoms with van der Waals surface area (Å²) >= 11 is 0. The summed E-state index contributed by atoms with van der Waals surface area (Å²) in [5.41, 5.74) is 0. The molecule has 0 aromatic carbocycles. The highest BCUT2D eigenvalue weighted by atomic mass is 127. The van der Waals surface area contributed by atoms with E-state index < -0.39 is 0 Å². The van der Waals surface area contributed by atoms with E-state index in [4.69, 9.17) is 14.5 Å². The molecular formula is C19H39IN4O2. The van der Waals surface area contributed by atoms with Crippen molar-refractivity contribution in [1.29, 1.82) is 0 Å². The zero-order valence-corrected chi connectivity index (χ0v) is 19.2. The molecular weight excluding hydrogens is 443 g/mol. The van der Waals surface area contributed by atoms with Gasteiger partial charge < -0.3 is 19.7 Å². The Kier molecular flexibility index (Phi) is 12.8. The van der Waals surface area contributed by atoms with E-state index in [0.717, 1.165) is 71.2 Å². The number of likely N-dealkylation sites (N-methyl/N-ethyl adjacent to an activating group) is 2. The monoisotopic (exact) mass is 482 g/mol. The number of nitrogens with one attached hydrogen (secondary N) is 1. The zero-order valence-electron chi connectivity index (χ0n) is 16.9. The first-order valence-electron chi connectivity index (χ1n) is 10.2. The number of nitrogens with zero attached hydrogens (tertiary/aromatic N) is 3. The van der Waals surface area contributed by atoms with E-state index in [-0.39, 0.29) is 24.0 Å². The fourth-order valence-electron chi connectivity index (χ4n) is 3.73. The summed E-state index contributed by atoms with van der Waals surface area (Å²) < 4.78 is 11.3. The summed E-state index contributed by atoms with van der Waals surface area (Å²) in [6.45, 7) is 12.0. The van der Waals surface area contributed by atoms with Crippen LogP contribution in [0.25, 0.3) is 0 Å². The Labute approximate surface area is 177 Å². The summed E-state index contributed by atoms with van der Waals surface area (Å²) in [5, 5.41) is 3.43. The van der Waals surface area contributed by atoms with Crippen LogP contribution in [0.5, 0.6) is 0 Å². The molecule has 0 aromatic heterocycles. The fraction of sp³-hybridized carbons (Fsp3) is 0.947. The number of ether oxygens (including phenoxy) is 2. The van der Waals surface area contributed by atoms with Gasteiger partial charge in [-0.3, -0.25) is 9.89 Å². The van der Waals surface area contributed by atoms with Crippen molar-refractivity contribution in [2.75, 3.05) is 59.6 Å². The molecule has 0 radical (unpaired) electrons. The first-order chi connectivity index (χ1) is 12.2. The van der Waals surface area contributed by atoms with Crippen LogP contribution in [0.1, 0.15) is 46.0 Å². The Morgan fingerprint density at radius 2 is 2.04 bits per heavy atom. The topological polar surface area (TPSA) is 49.3 Å². The van der Waals surface area contributed by atoms with Gasteiger partial charge in [-0.2, -0.15) is 0 Å². The first kappa shape index (κ1) is 23.9. The minimum absolute atomic E-state index is 0. The van der Waals surface area contributed by atoms with Gasteiger partial charge in [0.05, 0.1) is 6.10 Å². The van der Waals surface area contributed by atoms with Crippen molar-refractivity contribution in [3.8, 4) is 0 Å². The van der Waals surface area contributed by atoms with Crippen LogP contribution in [0.2, 0.25) is 0 Å². The van der Waals surface area contributed by atoms with Gasteiger partial charge in [0.2, 0.25) is 0 Å². The number of aliphatic imine (C=N–C) groups is 1. The van der Waals surface area contributed by atoms with E-state index in [1.54, 1.807) is 0 Å². The van der Waals surface area contributed by atoms with E-state index in [1.807, 2.05) is 0 Å². The predicted molar refractivity (Wildman–Crippen MR) is 119 cm³/mol. The van der Waals surface area contributed by atoms with Gasteiger partial charge in [0.25, 0.3) is 0 Å². The molecule has 0 aromatic rings. The van der Waals surface area contributed by atoms with Gasteiger partial charge in [-0.1, -0.05) is 6.92 Å². The molecule has 6 nitrogen and oxygen atoms in total. The molecule has 2 heterocycles. The molecule has 7 heteroatoms. The van der Waals surface area contributed by atoms with E-state index in [9.17, 15) is 0 Å². The highest BCUT2D eigenvalue weighted by Gasteiger charge is 2.24. The Bertz CT molecular complexity index is 392. The molecule has 2 aliphatic heterocycles. The Hall–Kier alpha value is -0.120. The van der Waals surface area contributed by atoms with Gasteiger partial charge in [-0.05, 0) is 52.1 Å². The minimum atomic E-state index is 0. The molecule has 2 saturated heterocycles. The molecule has 26 heavy (non-hydrogen) atoms. The second-order valence-electron chi connectivity index (χ2n) is 7.08. The van der Waals surface area contributed by atoms with Crippen molar-refractivity contribution in [1.82, 2.24) is 15.1 Å². The number of hydrogen-bond acceptors (Lipinski definition) is 4. The molecule has 0 aliphatic carbocycles. The molecule has 0 bridgehead atoms. The molecule has 1 atom stereocenters. The lowest BCUT2D eigenvalue weighted by Gasteiger charge is -2.29. The van der Waals surface area contributed by atoms with Gasteiger partial charge in [0, 0.05) is 52.5 Å².